The van der Waals surface area contributed by atoms with Crippen molar-refractivity contribution in [2.45, 2.75) is 68.7 Å². The summed E-state index contributed by atoms with van der Waals surface area (Å²) in [5.41, 5.74) is 12.2. The maximum atomic E-state index is 15.2. The van der Waals surface area contributed by atoms with Crippen molar-refractivity contribution in [2.24, 2.45) is 0 Å². The molecule has 10 heteroatoms. The molecule has 5 rings (SSSR count). The Balaban J connectivity index is 1.55. The highest BCUT2D eigenvalue weighted by molar-refractivity contribution is 7.89. The minimum Gasteiger partial charge on any atom is -0.399 e. The third-order valence-corrected chi connectivity index (χ3v) is 10.3. The topological polar surface area (TPSA) is 130 Å². The number of aryl methyl sites for hydroxylation is 3. The van der Waals surface area contributed by atoms with Gasteiger partial charge in [0.2, 0.25) is 5.91 Å². The van der Waals surface area contributed by atoms with Crippen LogP contribution in [0, 0.1) is 6.92 Å². The summed E-state index contributed by atoms with van der Waals surface area (Å²) in [7, 11) is -2.32. The molecule has 0 bridgehead atoms. The molecule has 0 radical (unpaired) electrons. The Morgan fingerprint density at radius 2 is 1.40 bits per heavy atom. The van der Waals surface area contributed by atoms with Gasteiger partial charge < -0.3 is 11.1 Å². The summed E-state index contributed by atoms with van der Waals surface area (Å²) >= 11 is 0. The highest BCUT2D eigenvalue weighted by atomic mass is 32.2. The normalized spacial score (nSPS) is 12.1. The van der Waals surface area contributed by atoms with Gasteiger partial charge in [0.1, 0.15) is 0 Å². The molecule has 3 aromatic carbocycles. The first-order valence-electron chi connectivity index (χ1n) is 17.0. The van der Waals surface area contributed by atoms with E-state index >= 15 is 4.79 Å². The van der Waals surface area contributed by atoms with E-state index in [0.717, 1.165) is 59.2 Å². The largest absolute Gasteiger partial charge is 0.399 e. The second-order valence-electron chi connectivity index (χ2n) is 12.6. The van der Waals surface area contributed by atoms with Crippen LogP contribution in [0.2, 0.25) is 0 Å². The summed E-state index contributed by atoms with van der Waals surface area (Å²) in [6.45, 7) is 1.99. The number of hydrazine groups is 1. The molecule has 2 aromatic heterocycles. The van der Waals surface area contributed by atoms with Crippen LogP contribution in [-0.4, -0.2) is 42.4 Å². The Kier molecular flexibility index (Phi) is 12.7. The van der Waals surface area contributed by atoms with Crippen LogP contribution < -0.4 is 15.9 Å². The Morgan fingerprint density at radius 1 is 0.800 bits per heavy atom. The summed E-state index contributed by atoms with van der Waals surface area (Å²) in [6.07, 6.45) is 11.7. The molecule has 260 valence electrons. The summed E-state index contributed by atoms with van der Waals surface area (Å²) in [6, 6.07) is 29.3. The molecule has 1 atom stereocenters. The lowest BCUT2D eigenvalue weighted by atomic mass is 9.87. The van der Waals surface area contributed by atoms with Gasteiger partial charge in [-0.05, 0) is 128 Å². The zero-order valence-corrected chi connectivity index (χ0v) is 29.5. The van der Waals surface area contributed by atoms with Crippen molar-refractivity contribution < 1.29 is 13.2 Å². The van der Waals surface area contributed by atoms with E-state index < -0.39 is 22.0 Å². The highest BCUT2D eigenvalue weighted by Crippen LogP contribution is 2.31. The van der Waals surface area contributed by atoms with Crippen molar-refractivity contribution in [2.75, 3.05) is 18.1 Å². The molecule has 0 saturated heterocycles. The maximum Gasteiger partial charge on any atom is 0.257 e. The number of pyridine rings is 2. The monoisotopic (exact) mass is 690 g/mol. The Bertz CT molecular complexity index is 1860. The van der Waals surface area contributed by atoms with Crippen LogP contribution in [0.5, 0.6) is 0 Å². The number of nitrogen functional groups attached to an aromatic ring is 1. The van der Waals surface area contributed by atoms with Gasteiger partial charge >= 0.3 is 0 Å². The fraction of sp³-hybridized carbons (Fsp3) is 0.275. The summed E-state index contributed by atoms with van der Waals surface area (Å²) in [5.74, 6) is -0.976. The van der Waals surface area contributed by atoms with Crippen molar-refractivity contribution in [3.8, 4) is 0 Å². The van der Waals surface area contributed by atoms with E-state index in [1.807, 2.05) is 99.2 Å². The Labute approximate surface area is 296 Å². The van der Waals surface area contributed by atoms with Crippen molar-refractivity contribution in [3.05, 3.63) is 150 Å². The molecule has 1 amide bonds. The van der Waals surface area contributed by atoms with Crippen molar-refractivity contribution in [1.29, 1.82) is 0 Å². The molecule has 50 heavy (non-hydrogen) atoms. The molecular formula is C40H46N6O3S. The number of amides is 1. The highest BCUT2D eigenvalue weighted by Gasteiger charge is 2.35. The van der Waals surface area contributed by atoms with Crippen LogP contribution >= 0.6 is 0 Å². The number of nitrogens with two attached hydrogens (primary N) is 1. The number of aromatic nitrogens is 2. The average molecular weight is 691 g/mol. The van der Waals surface area contributed by atoms with Gasteiger partial charge in [-0.15, -0.1) is 4.83 Å². The first kappa shape index (κ1) is 36.2. The quantitative estimate of drug-likeness (QED) is 0.0717. The van der Waals surface area contributed by atoms with Crippen LogP contribution in [0.1, 0.15) is 59.4 Å². The number of hydrogen-bond acceptors (Lipinski definition) is 7. The predicted octanol–water partition coefficient (Wildman–Crippen LogP) is 6.87. The van der Waals surface area contributed by atoms with Gasteiger partial charge in [0.25, 0.3) is 10.0 Å². The minimum absolute atomic E-state index is 0.0296. The zero-order valence-electron chi connectivity index (χ0n) is 28.7. The molecule has 0 saturated carbocycles. The summed E-state index contributed by atoms with van der Waals surface area (Å²) in [4.78, 5) is 26.5. The maximum absolute atomic E-state index is 15.2. The number of rotatable bonds is 17. The van der Waals surface area contributed by atoms with Gasteiger partial charge in [0, 0.05) is 49.3 Å². The number of sulfonamides is 1. The van der Waals surface area contributed by atoms with Gasteiger partial charge in [-0.3, -0.25) is 19.8 Å². The van der Waals surface area contributed by atoms with Gasteiger partial charge in [0.15, 0.2) is 0 Å². The number of carbonyl (C=O) groups is 1. The molecule has 2 heterocycles. The van der Waals surface area contributed by atoms with E-state index in [2.05, 4.69) is 20.1 Å². The van der Waals surface area contributed by atoms with Crippen molar-refractivity contribution >= 4 is 27.3 Å². The molecule has 0 aliphatic heterocycles. The molecule has 0 unspecified atom stereocenters. The predicted molar refractivity (Wildman–Crippen MR) is 200 cm³/mol. The number of carbonyl (C=O) groups excluding carboxylic acids is 1. The lowest BCUT2D eigenvalue weighted by Crippen LogP contribution is -2.53. The fourth-order valence-corrected chi connectivity index (χ4v) is 7.32. The van der Waals surface area contributed by atoms with E-state index in [9.17, 15) is 8.42 Å². The zero-order chi connectivity index (χ0) is 35.3. The van der Waals surface area contributed by atoms with E-state index in [4.69, 9.17) is 5.73 Å². The summed E-state index contributed by atoms with van der Waals surface area (Å²) < 4.78 is 28.1. The number of nitrogens with one attached hydrogen (secondary N) is 2. The van der Waals surface area contributed by atoms with Gasteiger partial charge in [-0.2, -0.15) is 0 Å². The minimum atomic E-state index is -4.17. The molecule has 0 spiro atoms. The standard InChI is InChI=1S/C40H46N6O3S/c1-30-18-21-35(42-2)27-38(30)39(26-31-10-4-3-5-11-31)40(47)46(45-50(48,49)37-22-19-34(41)20-23-37)36(16-6-12-32-14-8-24-43-28-32)17-7-13-33-15-9-25-44-29-33/h3-5,8-11,14-15,18-25,27-29,36,39,42,45H,6-7,12-13,16-17,26,41H2,1-2H3/t39-/m0/s1. The van der Waals surface area contributed by atoms with Crippen LogP contribution in [-0.2, 0) is 34.1 Å². The van der Waals surface area contributed by atoms with E-state index in [-0.39, 0.29) is 10.8 Å². The van der Waals surface area contributed by atoms with Crippen LogP contribution in [0.15, 0.2) is 127 Å². The molecular weight excluding hydrogens is 645 g/mol. The number of benzene rings is 3. The smallest absolute Gasteiger partial charge is 0.257 e. The first-order chi connectivity index (χ1) is 24.2. The Morgan fingerprint density at radius 3 is 1.96 bits per heavy atom. The van der Waals surface area contributed by atoms with Gasteiger partial charge in [0.05, 0.1) is 10.8 Å². The molecule has 9 nitrogen and oxygen atoms in total. The van der Waals surface area contributed by atoms with E-state index in [1.54, 1.807) is 24.5 Å². The molecule has 0 aliphatic rings. The van der Waals surface area contributed by atoms with Crippen LogP contribution in [0.4, 0.5) is 11.4 Å². The second-order valence-corrected chi connectivity index (χ2v) is 14.3. The lowest BCUT2D eigenvalue weighted by molar-refractivity contribution is -0.137. The fourth-order valence-electron chi connectivity index (χ4n) is 6.23. The molecule has 0 fully saturated rings. The summed E-state index contributed by atoms with van der Waals surface area (Å²) in [5, 5.41) is 4.61. The van der Waals surface area contributed by atoms with Gasteiger partial charge in [-0.25, -0.2) is 8.42 Å². The van der Waals surface area contributed by atoms with E-state index in [0.29, 0.717) is 24.9 Å². The number of nitrogens with zero attached hydrogens (tertiary/aromatic N) is 3. The lowest BCUT2D eigenvalue weighted by Gasteiger charge is -2.35. The van der Waals surface area contributed by atoms with Crippen LogP contribution in [0.25, 0.3) is 0 Å². The van der Waals surface area contributed by atoms with Crippen LogP contribution in [0.3, 0.4) is 0 Å². The molecule has 0 aliphatic carbocycles. The Hall–Kier alpha value is -5.06. The second kappa shape index (κ2) is 17.6. The third kappa shape index (κ3) is 9.99. The third-order valence-electron chi connectivity index (χ3n) is 8.99. The molecule has 5 aromatic rings. The van der Waals surface area contributed by atoms with E-state index in [1.165, 1.54) is 17.1 Å². The number of anilines is 2. The van der Waals surface area contributed by atoms with Crippen molar-refractivity contribution in [1.82, 2.24) is 19.8 Å². The van der Waals surface area contributed by atoms with Crippen molar-refractivity contribution in [3.63, 3.8) is 0 Å². The first-order valence-corrected chi connectivity index (χ1v) is 18.5. The number of hydrogen-bond donors (Lipinski definition) is 3. The molecule has 4 N–H and O–H groups in total. The van der Waals surface area contributed by atoms with Gasteiger partial charge in [-0.1, -0.05) is 48.5 Å². The SMILES string of the molecule is CNc1ccc(C)c([C@H](Cc2ccccc2)C(=O)N(NS(=O)(=O)c2ccc(N)cc2)C(CCCc2cccnc2)CCCc2cccnc2)c1. The average Bonchev–Trinajstić information content (AvgIpc) is 3.14.